The van der Waals surface area contributed by atoms with Crippen LogP contribution in [0, 0.1) is 0 Å². The number of aromatic hydroxyl groups is 1. The van der Waals surface area contributed by atoms with Crippen LogP contribution in [-0.2, 0) is 6.54 Å². The molecule has 1 aliphatic rings. The van der Waals surface area contributed by atoms with E-state index in [1.807, 2.05) is 42.6 Å². The molecule has 0 aliphatic carbocycles. The van der Waals surface area contributed by atoms with E-state index in [1.165, 1.54) is 4.80 Å². The summed E-state index contributed by atoms with van der Waals surface area (Å²) in [6, 6.07) is 19.5. The van der Waals surface area contributed by atoms with Crippen molar-refractivity contribution in [2.45, 2.75) is 13.5 Å². The van der Waals surface area contributed by atoms with Gasteiger partial charge in [0, 0.05) is 36.6 Å². The zero-order chi connectivity index (χ0) is 24.2. The first-order chi connectivity index (χ1) is 17.1. The Bertz CT molecular complexity index is 1440. The van der Waals surface area contributed by atoms with Gasteiger partial charge in [0.05, 0.1) is 13.7 Å². The van der Waals surface area contributed by atoms with Crippen molar-refractivity contribution in [1.82, 2.24) is 15.0 Å². The standard InChI is InChI=1S/C27H26N6O2/c1-3-32(22-9-7-19(8-10-22)13-20-15-28-18-29-16-20)17-21-5-4-6-26(27(21)34)33-30-24-12-11-23(35-2)14-25(24)31-33/h4-15,18,34H,3,16-17H2,1-2H3. The van der Waals surface area contributed by atoms with Crippen LogP contribution in [0.4, 0.5) is 5.69 Å². The van der Waals surface area contributed by atoms with Crippen molar-refractivity contribution in [3.8, 4) is 17.2 Å². The molecule has 1 N–H and O–H groups in total. The van der Waals surface area contributed by atoms with Crippen LogP contribution in [0.5, 0.6) is 11.5 Å². The maximum absolute atomic E-state index is 11.1. The van der Waals surface area contributed by atoms with E-state index < -0.39 is 0 Å². The van der Waals surface area contributed by atoms with Crippen LogP contribution in [-0.4, -0.2) is 52.9 Å². The van der Waals surface area contributed by atoms with Crippen LogP contribution in [0.2, 0.25) is 0 Å². The number of methoxy groups -OCH3 is 1. The highest BCUT2D eigenvalue weighted by atomic mass is 16.5. The average Bonchev–Trinajstić information content (AvgIpc) is 3.32. The van der Waals surface area contributed by atoms with Crippen LogP contribution in [0.3, 0.4) is 0 Å². The minimum atomic E-state index is 0.164. The van der Waals surface area contributed by atoms with Gasteiger partial charge in [-0.1, -0.05) is 24.3 Å². The summed E-state index contributed by atoms with van der Waals surface area (Å²) in [5, 5.41) is 20.2. The molecular weight excluding hydrogens is 440 g/mol. The summed E-state index contributed by atoms with van der Waals surface area (Å²) in [4.78, 5) is 11.9. The van der Waals surface area contributed by atoms with Gasteiger partial charge in [-0.25, -0.2) is 4.99 Å². The summed E-state index contributed by atoms with van der Waals surface area (Å²) in [6.07, 6.45) is 5.50. The van der Waals surface area contributed by atoms with Crippen molar-refractivity contribution in [3.63, 3.8) is 0 Å². The second-order valence-corrected chi connectivity index (χ2v) is 8.19. The van der Waals surface area contributed by atoms with E-state index in [0.717, 1.165) is 34.4 Å². The van der Waals surface area contributed by atoms with Crippen molar-refractivity contribution < 1.29 is 9.84 Å². The number of rotatable bonds is 7. The summed E-state index contributed by atoms with van der Waals surface area (Å²) in [5.41, 5.74) is 6.01. The number of aromatic nitrogens is 3. The van der Waals surface area contributed by atoms with Crippen LogP contribution < -0.4 is 9.64 Å². The minimum absolute atomic E-state index is 0.164. The van der Waals surface area contributed by atoms with Crippen LogP contribution in [0.15, 0.2) is 76.2 Å². The number of ether oxygens (including phenoxy) is 1. The molecule has 35 heavy (non-hydrogen) atoms. The molecular formula is C27H26N6O2. The zero-order valence-electron chi connectivity index (χ0n) is 19.7. The Morgan fingerprint density at radius 1 is 1.06 bits per heavy atom. The van der Waals surface area contributed by atoms with Crippen molar-refractivity contribution in [2.75, 3.05) is 25.1 Å². The number of hydrogen-bond acceptors (Lipinski definition) is 7. The highest BCUT2D eigenvalue weighted by molar-refractivity contribution is 5.92. The van der Waals surface area contributed by atoms with Gasteiger partial charge in [0.15, 0.2) is 0 Å². The predicted molar refractivity (Wildman–Crippen MR) is 140 cm³/mol. The summed E-state index contributed by atoms with van der Waals surface area (Å²) in [6.45, 7) is 4.08. The first kappa shape index (κ1) is 22.3. The second kappa shape index (κ2) is 9.80. The molecule has 1 aromatic heterocycles. The topological polar surface area (TPSA) is 88.1 Å². The van der Waals surface area contributed by atoms with Gasteiger partial charge in [-0.15, -0.1) is 15.0 Å². The Kier molecular flexibility index (Phi) is 6.26. The summed E-state index contributed by atoms with van der Waals surface area (Å²) >= 11 is 0. The largest absolute Gasteiger partial charge is 0.505 e. The molecule has 8 heteroatoms. The maximum Gasteiger partial charge on any atom is 0.148 e. The van der Waals surface area contributed by atoms with Crippen molar-refractivity contribution in [2.24, 2.45) is 9.98 Å². The van der Waals surface area contributed by atoms with Gasteiger partial charge >= 0.3 is 0 Å². The zero-order valence-corrected chi connectivity index (χ0v) is 19.7. The van der Waals surface area contributed by atoms with Crippen LogP contribution >= 0.6 is 0 Å². The average molecular weight is 467 g/mol. The van der Waals surface area contributed by atoms with Gasteiger partial charge < -0.3 is 14.7 Å². The number of hydrogen-bond donors (Lipinski definition) is 1. The fraction of sp³-hybridized carbons (Fsp3) is 0.185. The molecule has 0 saturated carbocycles. The third kappa shape index (κ3) is 4.77. The molecule has 0 atom stereocenters. The van der Waals surface area contributed by atoms with Gasteiger partial charge in [0.25, 0.3) is 0 Å². The molecule has 1 aliphatic heterocycles. The molecule has 0 spiro atoms. The number of phenols is 1. The lowest BCUT2D eigenvalue weighted by atomic mass is 10.1. The number of aliphatic imine (C=N–C) groups is 2. The Labute approximate surface area is 203 Å². The van der Waals surface area contributed by atoms with Crippen LogP contribution in [0.1, 0.15) is 18.1 Å². The van der Waals surface area contributed by atoms with Gasteiger partial charge in [-0.05, 0) is 54.5 Å². The maximum atomic E-state index is 11.1. The van der Waals surface area contributed by atoms with Crippen LogP contribution in [0.25, 0.3) is 22.8 Å². The van der Waals surface area contributed by atoms with E-state index in [2.05, 4.69) is 62.3 Å². The summed E-state index contributed by atoms with van der Waals surface area (Å²) in [5.74, 6) is 0.875. The molecule has 0 fully saturated rings. The predicted octanol–water partition coefficient (Wildman–Crippen LogP) is 4.66. The summed E-state index contributed by atoms with van der Waals surface area (Å²) in [7, 11) is 1.62. The van der Waals surface area contributed by atoms with Gasteiger partial charge in [0.1, 0.15) is 34.6 Å². The molecule has 0 radical (unpaired) electrons. The Morgan fingerprint density at radius 2 is 1.89 bits per heavy atom. The first-order valence-electron chi connectivity index (χ1n) is 11.4. The lowest BCUT2D eigenvalue weighted by molar-refractivity contribution is 0.415. The molecule has 4 aromatic rings. The number of anilines is 1. The molecule has 0 saturated heterocycles. The van der Waals surface area contributed by atoms with E-state index in [0.29, 0.717) is 30.0 Å². The Morgan fingerprint density at radius 3 is 2.63 bits per heavy atom. The number of nitrogens with zero attached hydrogens (tertiary/aromatic N) is 6. The van der Waals surface area contributed by atoms with Crippen molar-refractivity contribution in [3.05, 3.63) is 77.4 Å². The van der Waals surface area contributed by atoms with Gasteiger partial charge in [-0.2, -0.15) is 0 Å². The van der Waals surface area contributed by atoms with Gasteiger partial charge in [-0.3, -0.25) is 4.99 Å². The fourth-order valence-corrected chi connectivity index (χ4v) is 4.03. The molecule has 176 valence electrons. The lowest BCUT2D eigenvalue weighted by Gasteiger charge is -2.24. The highest BCUT2D eigenvalue weighted by Crippen LogP contribution is 2.29. The van der Waals surface area contributed by atoms with Crippen molar-refractivity contribution in [1.29, 1.82) is 0 Å². The Hall–Kier alpha value is -4.46. The molecule has 8 nitrogen and oxygen atoms in total. The number of fused-ring (bicyclic) bond motifs is 1. The third-order valence-corrected chi connectivity index (χ3v) is 5.92. The smallest absolute Gasteiger partial charge is 0.148 e. The number of para-hydroxylation sites is 1. The number of benzene rings is 3. The molecule has 5 rings (SSSR count). The van der Waals surface area contributed by atoms with E-state index >= 15 is 0 Å². The second-order valence-electron chi connectivity index (χ2n) is 8.19. The molecule has 0 unspecified atom stereocenters. The van der Waals surface area contributed by atoms with E-state index in [1.54, 1.807) is 13.4 Å². The quantitative estimate of drug-likeness (QED) is 0.428. The Balaban J connectivity index is 1.38. The third-order valence-electron chi connectivity index (χ3n) is 5.92. The molecule has 3 aromatic carbocycles. The molecule has 0 bridgehead atoms. The summed E-state index contributed by atoms with van der Waals surface area (Å²) < 4.78 is 5.28. The van der Waals surface area contributed by atoms with E-state index in [-0.39, 0.29) is 5.75 Å². The monoisotopic (exact) mass is 466 g/mol. The molecule has 2 heterocycles. The number of phenolic OH excluding ortho intramolecular Hbond substituents is 1. The first-order valence-corrected chi connectivity index (χ1v) is 11.4. The van der Waals surface area contributed by atoms with Crippen molar-refractivity contribution >= 4 is 35.3 Å². The lowest BCUT2D eigenvalue weighted by Crippen LogP contribution is -2.22. The SMILES string of the molecule is CCN(Cc1cccc(-n2nc3ccc(OC)cc3n2)c1O)c1ccc(C=C2C=NC=NC2)cc1. The van der Waals surface area contributed by atoms with E-state index in [4.69, 9.17) is 4.74 Å². The minimum Gasteiger partial charge on any atom is -0.505 e. The van der Waals surface area contributed by atoms with Gasteiger partial charge in [0.2, 0.25) is 0 Å². The molecule has 0 amide bonds. The fourth-order valence-electron chi connectivity index (χ4n) is 4.03. The highest BCUT2D eigenvalue weighted by Gasteiger charge is 2.15. The van der Waals surface area contributed by atoms with E-state index in [9.17, 15) is 5.11 Å². The normalized spacial score (nSPS) is 14.1.